The quantitative estimate of drug-likeness (QED) is 0.151. The summed E-state index contributed by atoms with van der Waals surface area (Å²) in [5, 5.41) is 19.6. The number of rotatable bonds is 6. The Morgan fingerprint density at radius 3 is 1.18 bits per heavy atom. The molecular formula is C76H46O. The summed E-state index contributed by atoms with van der Waals surface area (Å²) in [5.41, 5.74) is 16.5. The van der Waals surface area contributed by atoms with Crippen LogP contribution in [0, 0.1) is 0 Å². The Balaban J connectivity index is 0.791. The van der Waals surface area contributed by atoms with Gasteiger partial charge in [-0.2, -0.15) is 0 Å². The zero-order valence-corrected chi connectivity index (χ0v) is 42.0. The predicted molar refractivity (Wildman–Crippen MR) is 329 cm³/mol. The van der Waals surface area contributed by atoms with Gasteiger partial charge in [-0.05, 0) is 179 Å². The Labute approximate surface area is 445 Å². The van der Waals surface area contributed by atoms with E-state index in [-0.39, 0.29) is 0 Å². The molecule has 1 nitrogen and oxygen atoms in total. The lowest BCUT2D eigenvalue weighted by atomic mass is 9.83. The van der Waals surface area contributed by atoms with E-state index in [1.165, 1.54) is 142 Å². The van der Waals surface area contributed by atoms with E-state index in [2.05, 4.69) is 273 Å². The molecule has 0 unspecified atom stereocenters. The summed E-state index contributed by atoms with van der Waals surface area (Å²) < 4.78 is 6.43. The van der Waals surface area contributed by atoms with Crippen LogP contribution in [-0.2, 0) is 0 Å². The molecule has 0 bridgehead atoms. The molecule has 0 amide bonds. The van der Waals surface area contributed by atoms with Crippen molar-refractivity contribution in [3.63, 3.8) is 0 Å². The van der Waals surface area contributed by atoms with Crippen molar-refractivity contribution in [2.75, 3.05) is 0 Å². The molecular weight excluding hydrogens is 929 g/mol. The maximum atomic E-state index is 6.43. The summed E-state index contributed by atoms with van der Waals surface area (Å²) in [6.45, 7) is 0. The van der Waals surface area contributed by atoms with Gasteiger partial charge in [0, 0.05) is 10.8 Å². The first-order valence-corrected chi connectivity index (χ1v) is 26.6. The summed E-state index contributed by atoms with van der Waals surface area (Å²) >= 11 is 0. The van der Waals surface area contributed by atoms with Gasteiger partial charge in [-0.3, -0.25) is 0 Å². The first-order chi connectivity index (χ1) is 38.2. The van der Waals surface area contributed by atoms with Crippen LogP contribution >= 0.6 is 0 Å². The summed E-state index contributed by atoms with van der Waals surface area (Å²) in [4.78, 5) is 0. The van der Waals surface area contributed by atoms with E-state index < -0.39 is 0 Å². The molecule has 77 heavy (non-hydrogen) atoms. The molecule has 0 aliphatic heterocycles. The van der Waals surface area contributed by atoms with Gasteiger partial charge in [-0.15, -0.1) is 0 Å². The van der Waals surface area contributed by atoms with Gasteiger partial charge in [-0.1, -0.05) is 243 Å². The third-order valence-corrected chi connectivity index (χ3v) is 16.4. The number of fused-ring (bicyclic) bond motifs is 10. The lowest BCUT2D eigenvalue weighted by Gasteiger charge is -2.19. The van der Waals surface area contributed by atoms with Crippen LogP contribution < -0.4 is 0 Å². The Kier molecular flexibility index (Phi) is 9.71. The van der Waals surface area contributed by atoms with Crippen molar-refractivity contribution < 1.29 is 4.42 Å². The van der Waals surface area contributed by atoms with Crippen molar-refractivity contribution in [2.24, 2.45) is 0 Å². The van der Waals surface area contributed by atoms with Gasteiger partial charge in [-0.25, -0.2) is 0 Å². The van der Waals surface area contributed by atoms with Gasteiger partial charge in [0.05, 0.1) is 0 Å². The number of furan rings is 1. The highest BCUT2D eigenvalue weighted by Crippen LogP contribution is 2.49. The minimum atomic E-state index is 0.904. The first kappa shape index (κ1) is 43.3. The molecule has 0 aliphatic carbocycles. The fraction of sp³-hybridized carbons (Fsp3) is 0. The molecule has 356 valence electrons. The monoisotopic (exact) mass is 974 g/mol. The molecule has 0 saturated heterocycles. The fourth-order valence-corrected chi connectivity index (χ4v) is 13.0. The van der Waals surface area contributed by atoms with Crippen molar-refractivity contribution in [1.82, 2.24) is 0 Å². The Morgan fingerprint density at radius 1 is 0.182 bits per heavy atom. The SMILES string of the molecule is c1cc(-c2cccc3cc(-c4ccc5c(-c6c7ccccc7c(-c7cccc8oc9ccccc9c78)c7ccccc67)cccc5c4)ccc23)cc(-c2c3ccccc3c(-c3ccc4ccccc4c3)c3ccccc23)c1. The van der Waals surface area contributed by atoms with E-state index in [0.29, 0.717) is 0 Å². The van der Waals surface area contributed by atoms with Crippen molar-refractivity contribution >= 4 is 97.3 Å². The van der Waals surface area contributed by atoms with Crippen molar-refractivity contribution in [1.29, 1.82) is 0 Å². The molecule has 1 heteroatoms. The van der Waals surface area contributed by atoms with E-state index in [1.807, 2.05) is 6.07 Å². The minimum absolute atomic E-state index is 0.904. The normalized spacial score (nSPS) is 11.9. The van der Waals surface area contributed by atoms with Crippen molar-refractivity contribution in [3.8, 4) is 66.8 Å². The smallest absolute Gasteiger partial charge is 0.136 e. The number of para-hydroxylation sites is 1. The molecule has 0 spiro atoms. The van der Waals surface area contributed by atoms with Gasteiger partial charge < -0.3 is 4.42 Å². The minimum Gasteiger partial charge on any atom is -0.456 e. The van der Waals surface area contributed by atoms with Crippen LogP contribution in [0.3, 0.4) is 0 Å². The van der Waals surface area contributed by atoms with Gasteiger partial charge in [0.15, 0.2) is 0 Å². The molecule has 0 saturated carbocycles. The molecule has 0 N–H and O–H groups in total. The molecule has 1 heterocycles. The van der Waals surface area contributed by atoms with E-state index >= 15 is 0 Å². The van der Waals surface area contributed by atoms with Gasteiger partial charge in [0.2, 0.25) is 0 Å². The van der Waals surface area contributed by atoms with E-state index in [0.717, 1.165) is 21.9 Å². The Bertz CT molecular complexity index is 5000. The fourth-order valence-electron chi connectivity index (χ4n) is 13.0. The predicted octanol–water partition coefficient (Wildman–Crippen LogP) is 21.7. The molecule has 16 rings (SSSR count). The second kappa shape index (κ2) is 17.2. The van der Waals surface area contributed by atoms with Crippen LogP contribution in [0.5, 0.6) is 0 Å². The van der Waals surface area contributed by atoms with E-state index in [1.54, 1.807) is 0 Å². The molecule has 15 aromatic carbocycles. The largest absolute Gasteiger partial charge is 0.456 e. The second-order valence-electron chi connectivity index (χ2n) is 20.6. The molecule has 0 radical (unpaired) electrons. The number of hydrogen-bond acceptors (Lipinski definition) is 1. The summed E-state index contributed by atoms with van der Waals surface area (Å²) in [6, 6.07) is 103. The van der Waals surface area contributed by atoms with Crippen LogP contribution in [-0.4, -0.2) is 0 Å². The summed E-state index contributed by atoms with van der Waals surface area (Å²) in [7, 11) is 0. The van der Waals surface area contributed by atoms with Crippen LogP contribution in [0.15, 0.2) is 283 Å². The highest BCUT2D eigenvalue weighted by molar-refractivity contribution is 6.27. The third kappa shape index (κ3) is 6.81. The zero-order chi connectivity index (χ0) is 50.6. The number of hydrogen-bond donors (Lipinski definition) is 0. The average molecular weight is 975 g/mol. The Hall–Kier alpha value is -10.1. The lowest BCUT2D eigenvalue weighted by molar-refractivity contribution is 0.669. The topological polar surface area (TPSA) is 13.1 Å². The van der Waals surface area contributed by atoms with Crippen LogP contribution in [0.4, 0.5) is 0 Å². The highest BCUT2D eigenvalue weighted by atomic mass is 16.3. The van der Waals surface area contributed by atoms with Crippen molar-refractivity contribution in [3.05, 3.63) is 279 Å². The molecule has 0 atom stereocenters. The van der Waals surface area contributed by atoms with Crippen molar-refractivity contribution in [2.45, 2.75) is 0 Å². The van der Waals surface area contributed by atoms with Gasteiger partial charge >= 0.3 is 0 Å². The summed E-state index contributed by atoms with van der Waals surface area (Å²) in [6.07, 6.45) is 0. The van der Waals surface area contributed by atoms with Gasteiger partial charge in [0.25, 0.3) is 0 Å². The molecule has 0 fully saturated rings. The number of benzene rings is 15. The van der Waals surface area contributed by atoms with Gasteiger partial charge in [0.1, 0.15) is 11.2 Å². The molecule has 1 aromatic heterocycles. The highest BCUT2D eigenvalue weighted by Gasteiger charge is 2.22. The van der Waals surface area contributed by atoms with Crippen LogP contribution in [0.1, 0.15) is 0 Å². The standard InChI is InChI=1S/C76H46O/c1-2-18-48-45-55(38-37-47(48)17-1)73-62-25-5-3-23-60(62)72(61-24-4-6-26-63(61)73)54-22-13-19-53(46-54)56-32-14-20-51-43-49(39-41-57(51)56)50-40-42-58-52(44-50)21-15-33-59(58)74-64-27-7-9-29-66(64)75(67-30-10-8-28-65(67)74)69-34-16-36-71-76(69)68-31-11-12-35-70(68)77-71/h1-46H. The Morgan fingerprint density at radius 2 is 0.571 bits per heavy atom. The summed E-state index contributed by atoms with van der Waals surface area (Å²) in [5.74, 6) is 0. The maximum absolute atomic E-state index is 6.43. The second-order valence-corrected chi connectivity index (χ2v) is 20.6. The first-order valence-electron chi connectivity index (χ1n) is 26.6. The van der Waals surface area contributed by atoms with Crippen LogP contribution in [0.2, 0.25) is 0 Å². The zero-order valence-electron chi connectivity index (χ0n) is 42.0. The molecule has 0 aliphatic rings. The third-order valence-electron chi connectivity index (χ3n) is 16.4. The average Bonchev–Trinajstić information content (AvgIpc) is 3.90. The lowest BCUT2D eigenvalue weighted by Crippen LogP contribution is -1.92. The van der Waals surface area contributed by atoms with Crippen LogP contribution in [0.25, 0.3) is 164 Å². The van der Waals surface area contributed by atoms with E-state index in [4.69, 9.17) is 4.42 Å². The van der Waals surface area contributed by atoms with E-state index in [9.17, 15) is 0 Å². The maximum Gasteiger partial charge on any atom is 0.136 e. The molecule has 16 aromatic rings.